The number of methoxy groups -OCH3 is 1. The molecule has 1 amide bonds. The maximum absolute atomic E-state index is 12.1. The molecule has 1 aliphatic rings. The average molecular weight is 413 g/mol. The van der Waals surface area contributed by atoms with Crippen LogP contribution in [0.5, 0.6) is 11.5 Å². The number of hydrogen-bond acceptors (Lipinski definition) is 7. The van der Waals surface area contributed by atoms with E-state index in [1.807, 2.05) is 37.3 Å². The van der Waals surface area contributed by atoms with Crippen LogP contribution in [0.15, 0.2) is 47.6 Å². The lowest BCUT2D eigenvalue weighted by Gasteiger charge is -2.28. The summed E-state index contributed by atoms with van der Waals surface area (Å²) in [7, 11) is 1.58. The number of rotatable bonds is 9. The Kier molecular flexibility index (Phi) is 7.91. The van der Waals surface area contributed by atoms with Crippen LogP contribution in [0.3, 0.4) is 0 Å². The van der Waals surface area contributed by atoms with Gasteiger partial charge in [-0.05, 0) is 49.4 Å². The van der Waals surface area contributed by atoms with Crippen LogP contribution in [0.2, 0.25) is 0 Å². The van der Waals surface area contributed by atoms with Crippen molar-refractivity contribution in [3.05, 3.63) is 48.0 Å². The lowest BCUT2D eigenvalue weighted by atomic mass is 10.2. The highest BCUT2D eigenvalue weighted by Gasteiger charge is 2.11. The summed E-state index contributed by atoms with van der Waals surface area (Å²) in [6.45, 7) is 5.50. The standard InChI is InChI=1S/C22H27N3O5/c1-3-29-20-9-4-17(14-21(20)27-2)15-23-30-16-22(26)24-18-5-7-19(8-6-18)25-10-12-28-13-11-25/h4-9,14-15H,3,10-13,16H2,1-2H3,(H,24,26)/b23-15+. The molecule has 160 valence electrons. The van der Waals surface area contributed by atoms with Gasteiger partial charge in [0.25, 0.3) is 5.91 Å². The molecular weight excluding hydrogens is 386 g/mol. The number of benzene rings is 2. The highest BCUT2D eigenvalue weighted by atomic mass is 16.6. The Morgan fingerprint density at radius 2 is 1.93 bits per heavy atom. The minimum absolute atomic E-state index is 0.185. The first-order chi connectivity index (χ1) is 14.7. The first-order valence-corrected chi connectivity index (χ1v) is 9.88. The van der Waals surface area contributed by atoms with Gasteiger partial charge in [0, 0.05) is 30.0 Å². The number of carbonyl (C=O) groups is 1. The van der Waals surface area contributed by atoms with E-state index in [1.165, 1.54) is 6.21 Å². The van der Waals surface area contributed by atoms with Crippen LogP contribution in [0, 0.1) is 0 Å². The van der Waals surface area contributed by atoms with Gasteiger partial charge in [0.15, 0.2) is 18.1 Å². The van der Waals surface area contributed by atoms with E-state index >= 15 is 0 Å². The molecule has 3 rings (SSSR count). The predicted octanol–water partition coefficient (Wildman–Crippen LogP) is 2.92. The molecule has 1 N–H and O–H groups in total. The molecule has 1 saturated heterocycles. The number of nitrogens with one attached hydrogen (secondary N) is 1. The molecule has 0 unspecified atom stereocenters. The minimum atomic E-state index is -0.282. The topological polar surface area (TPSA) is 81.6 Å². The van der Waals surface area contributed by atoms with Crippen LogP contribution < -0.4 is 19.7 Å². The highest BCUT2D eigenvalue weighted by molar-refractivity contribution is 5.92. The van der Waals surface area contributed by atoms with Gasteiger partial charge in [-0.15, -0.1) is 0 Å². The quantitative estimate of drug-likeness (QED) is 0.503. The van der Waals surface area contributed by atoms with Gasteiger partial charge in [-0.2, -0.15) is 0 Å². The third-order valence-electron chi connectivity index (χ3n) is 4.49. The molecule has 1 heterocycles. The molecular formula is C22H27N3O5. The van der Waals surface area contributed by atoms with Crippen LogP contribution in [0.25, 0.3) is 0 Å². The van der Waals surface area contributed by atoms with Gasteiger partial charge in [-0.3, -0.25) is 4.79 Å². The number of nitrogens with zero attached hydrogens (tertiary/aromatic N) is 2. The zero-order valence-electron chi connectivity index (χ0n) is 17.3. The molecule has 0 atom stereocenters. The number of carbonyl (C=O) groups excluding carboxylic acids is 1. The van der Waals surface area contributed by atoms with Crippen molar-refractivity contribution in [1.82, 2.24) is 0 Å². The van der Waals surface area contributed by atoms with E-state index in [2.05, 4.69) is 15.4 Å². The molecule has 1 fully saturated rings. The number of oxime groups is 1. The van der Waals surface area contributed by atoms with Crippen LogP contribution in [-0.2, 0) is 14.4 Å². The van der Waals surface area contributed by atoms with E-state index in [0.29, 0.717) is 23.8 Å². The first-order valence-electron chi connectivity index (χ1n) is 9.88. The summed E-state index contributed by atoms with van der Waals surface area (Å²) in [5.41, 5.74) is 2.60. The smallest absolute Gasteiger partial charge is 0.265 e. The monoisotopic (exact) mass is 413 g/mol. The average Bonchev–Trinajstić information content (AvgIpc) is 2.79. The molecule has 0 bridgehead atoms. The molecule has 8 nitrogen and oxygen atoms in total. The molecule has 2 aromatic rings. The second-order valence-corrected chi connectivity index (χ2v) is 6.55. The van der Waals surface area contributed by atoms with E-state index < -0.39 is 0 Å². The number of amides is 1. The SMILES string of the molecule is CCOc1ccc(/C=N/OCC(=O)Nc2ccc(N3CCOCC3)cc2)cc1OC. The molecule has 8 heteroatoms. The van der Waals surface area contributed by atoms with Gasteiger partial charge >= 0.3 is 0 Å². The Morgan fingerprint density at radius 1 is 1.17 bits per heavy atom. The van der Waals surface area contributed by atoms with Crippen molar-refractivity contribution >= 4 is 23.5 Å². The summed E-state index contributed by atoms with van der Waals surface area (Å²) >= 11 is 0. The summed E-state index contributed by atoms with van der Waals surface area (Å²) in [5, 5.41) is 6.64. The molecule has 0 saturated carbocycles. The Morgan fingerprint density at radius 3 is 2.63 bits per heavy atom. The van der Waals surface area contributed by atoms with Gasteiger partial charge in [0.05, 0.1) is 33.1 Å². The minimum Gasteiger partial charge on any atom is -0.493 e. The van der Waals surface area contributed by atoms with Crippen molar-refractivity contribution in [2.75, 3.05) is 56.8 Å². The molecule has 2 aromatic carbocycles. The van der Waals surface area contributed by atoms with Gasteiger partial charge in [0.1, 0.15) is 0 Å². The van der Waals surface area contributed by atoms with Crippen molar-refractivity contribution in [1.29, 1.82) is 0 Å². The van der Waals surface area contributed by atoms with Gasteiger partial charge in [0.2, 0.25) is 0 Å². The highest BCUT2D eigenvalue weighted by Crippen LogP contribution is 2.27. The van der Waals surface area contributed by atoms with Crippen molar-refractivity contribution in [2.45, 2.75) is 6.92 Å². The van der Waals surface area contributed by atoms with Crippen LogP contribution >= 0.6 is 0 Å². The first kappa shape index (κ1) is 21.4. The molecule has 1 aliphatic heterocycles. The van der Waals surface area contributed by atoms with E-state index in [4.69, 9.17) is 19.0 Å². The Labute approximate surface area is 176 Å². The Balaban J connectivity index is 1.45. The lowest BCUT2D eigenvalue weighted by molar-refractivity contribution is -0.120. The Hall–Kier alpha value is -3.26. The lowest BCUT2D eigenvalue weighted by Crippen LogP contribution is -2.36. The van der Waals surface area contributed by atoms with E-state index in [0.717, 1.165) is 37.6 Å². The van der Waals surface area contributed by atoms with Gasteiger partial charge in [-0.25, -0.2) is 0 Å². The number of morpholine rings is 1. The summed E-state index contributed by atoms with van der Waals surface area (Å²) in [6.07, 6.45) is 1.52. The van der Waals surface area contributed by atoms with E-state index in [1.54, 1.807) is 19.2 Å². The fraction of sp³-hybridized carbons (Fsp3) is 0.364. The molecule has 0 spiro atoms. The van der Waals surface area contributed by atoms with Crippen LogP contribution in [0.1, 0.15) is 12.5 Å². The largest absolute Gasteiger partial charge is 0.493 e. The fourth-order valence-corrected chi connectivity index (χ4v) is 3.01. The summed E-state index contributed by atoms with van der Waals surface area (Å²) in [4.78, 5) is 19.4. The number of ether oxygens (including phenoxy) is 3. The fourth-order valence-electron chi connectivity index (χ4n) is 3.01. The van der Waals surface area contributed by atoms with Gasteiger partial charge < -0.3 is 29.3 Å². The molecule has 30 heavy (non-hydrogen) atoms. The summed E-state index contributed by atoms with van der Waals surface area (Å²) in [5.74, 6) is 0.992. The zero-order chi connectivity index (χ0) is 21.2. The normalized spacial score (nSPS) is 13.9. The summed E-state index contributed by atoms with van der Waals surface area (Å²) in [6, 6.07) is 13.1. The molecule has 0 aromatic heterocycles. The van der Waals surface area contributed by atoms with E-state index in [9.17, 15) is 4.79 Å². The maximum atomic E-state index is 12.1. The maximum Gasteiger partial charge on any atom is 0.265 e. The van der Waals surface area contributed by atoms with Crippen molar-refractivity contribution in [2.24, 2.45) is 5.16 Å². The van der Waals surface area contributed by atoms with Crippen molar-refractivity contribution in [3.8, 4) is 11.5 Å². The molecule has 0 aliphatic carbocycles. The van der Waals surface area contributed by atoms with Crippen molar-refractivity contribution in [3.63, 3.8) is 0 Å². The zero-order valence-corrected chi connectivity index (χ0v) is 17.3. The predicted molar refractivity (Wildman–Crippen MR) is 116 cm³/mol. The van der Waals surface area contributed by atoms with Gasteiger partial charge in [-0.1, -0.05) is 5.16 Å². The number of hydrogen-bond donors (Lipinski definition) is 1. The number of anilines is 2. The Bertz CT molecular complexity index is 848. The third kappa shape index (κ3) is 6.12. The van der Waals surface area contributed by atoms with E-state index in [-0.39, 0.29) is 12.5 Å². The second-order valence-electron chi connectivity index (χ2n) is 6.55. The molecule has 0 radical (unpaired) electrons. The second kappa shape index (κ2) is 11.1. The van der Waals surface area contributed by atoms with Crippen LogP contribution in [0.4, 0.5) is 11.4 Å². The third-order valence-corrected chi connectivity index (χ3v) is 4.49. The van der Waals surface area contributed by atoms with Crippen LogP contribution in [-0.4, -0.2) is 58.7 Å². The summed E-state index contributed by atoms with van der Waals surface area (Å²) < 4.78 is 16.1. The van der Waals surface area contributed by atoms with Crippen molar-refractivity contribution < 1.29 is 23.8 Å².